The summed E-state index contributed by atoms with van der Waals surface area (Å²) in [7, 11) is 0. The quantitative estimate of drug-likeness (QED) is 0.881. The van der Waals surface area contributed by atoms with Gasteiger partial charge in [-0.3, -0.25) is 0 Å². The fraction of sp³-hybridized carbons (Fsp3) is 0.714. The van der Waals surface area contributed by atoms with E-state index in [0.29, 0.717) is 12.1 Å². The molecule has 1 aromatic rings. The first-order valence-electron chi connectivity index (χ1n) is 7.09. The largest absolute Gasteiger partial charge is 0.353 e. The topological polar surface area (TPSA) is 41.1 Å². The van der Waals surface area contributed by atoms with Crippen LogP contribution in [0.4, 0.5) is 5.82 Å². The van der Waals surface area contributed by atoms with Crippen LogP contribution < -0.4 is 10.2 Å². The van der Waals surface area contributed by atoms with E-state index in [1.807, 2.05) is 13.1 Å². The Morgan fingerprint density at radius 3 is 2.72 bits per heavy atom. The summed E-state index contributed by atoms with van der Waals surface area (Å²) in [6, 6.07) is 1.32. The summed E-state index contributed by atoms with van der Waals surface area (Å²) in [6.45, 7) is 6.40. The van der Waals surface area contributed by atoms with Crippen LogP contribution in [0.25, 0.3) is 0 Å². The molecule has 0 saturated carbocycles. The third-order valence-corrected chi connectivity index (χ3v) is 4.00. The average molecular weight is 246 g/mol. The van der Waals surface area contributed by atoms with Crippen LogP contribution in [0.3, 0.4) is 0 Å². The van der Waals surface area contributed by atoms with Crippen LogP contribution in [-0.2, 0) is 6.42 Å². The van der Waals surface area contributed by atoms with Crippen molar-refractivity contribution in [3.8, 4) is 0 Å². The van der Waals surface area contributed by atoms with Gasteiger partial charge in [0.1, 0.15) is 11.6 Å². The maximum Gasteiger partial charge on any atom is 0.135 e. The minimum atomic E-state index is 0.661. The molecular formula is C14H22N4. The number of fused-ring (bicyclic) bond motifs is 2. The summed E-state index contributed by atoms with van der Waals surface area (Å²) in [5, 5.41) is 3.67. The number of aryl methyl sites for hydroxylation is 2. The molecule has 4 nitrogen and oxygen atoms in total. The van der Waals surface area contributed by atoms with E-state index in [4.69, 9.17) is 4.98 Å². The summed E-state index contributed by atoms with van der Waals surface area (Å²) < 4.78 is 0. The Bertz CT molecular complexity index is 420. The van der Waals surface area contributed by atoms with Crippen molar-refractivity contribution in [2.75, 3.05) is 18.0 Å². The number of rotatable bonds is 3. The number of hydrogen-bond donors (Lipinski definition) is 1. The van der Waals surface area contributed by atoms with Gasteiger partial charge < -0.3 is 10.2 Å². The molecule has 2 aliphatic rings. The minimum absolute atomic E-state index is 0.661. The fourth-order valence-corrected chi connectivity index (χ4v) is 3.17. The van der Waals surface area contributed by atoms with Crippen molar-refractivity contribution in [3.05, 3.63) is 17.6 Å². The van der Waals surface area contributed by atoms with Crippen LogP contribution in [0, 0.1) is 6.92 Å². The Labute approximate surface area is 109 Å². The number of hydrogen-bond acceptors (Lipinski definition) is 4. The Morgan fingerprint density at radius 2 is 2.06 bits per heavy atom. The molecule has 0 aliphatic carbocycles. The Hall–Kier alpha value is -1.16. The zero-order valence-corrected chi connectivity index (χ0v) is 11.3. The van der Waals surface area contributed by atoms with Gasteiger partial charge in [-0.25, -0.2) is 9.97 Å². The van der Waals surface area contributed by atoms with Gasteiger partial charge in [-0.1, -0.05) is 13.3 Å². The van der Waals surface area contributed by atoms with Crippen molar-refractivity contribution in [3.63, 3.8) is 0 Å². The van der Waals surface area contributed by atoms with Crippen LogP contribution in [0.1, 0.15) is 37.6 Å². The van der Waals surface area contributed by atoms with Gasteiger partial charge in [0, 0.05) is 36.9 Å². The molecule has 1 N–H and O–H groups in total. The van der Waals surface area contributed by atoms with E-state index in [-0.39, 0.29) is 0 Å². The number of nitrogens with one attached hydrogen (secondary N) is 1. The highest BCUT2D eigenvalue weighted by molar-refractivity contribution is 5.47. The molecule has 2 aliphatic heterocycles. The molecule has 3 rings (SSSR count). The number of nitrogens with zero attached hydrogens (tertiary/aromatic N) is 3. The van der Waals surface area contributed by atoms with E-state index < -0.39 is 0 Å². The highest BCUT2D eigenvalue weighted by Crippen LogP contribution is 2.26. The highest BCUT2D eigenvalue weighted by atomic mass is 15.3. The van der Waals surface area contributed by atoms with Gasteiger partial charge >= 0.3 is 0 Å². The third-order valence-electron chi connectivity index (χ3n) is 4.00. The van der Waals surface area contributed by atoms with E-state index in [0.717, 1.165) is 31.8 Å². The lowest BCUT2D eigenvalue weighted by atomic mass is 10.1. The molecule has 0 unspecified atom stereocenters. The molecule has 0 aromatic carbocycles. The molecule has 18 heavy (non-hydrogen) atoms. The summed E-state index contributed by atoms with van der Waals surface area (Å²) in [4.78, 5) is 11.5. The fourth-order valence-electron chi connectivity index (χ4n) is 3.17. The monoisotopic (exact) mass is 246 g/mol. The van der Waals surface area contributed by atoms with Crippen LogP contribution in [0.2, 0.25) is 0 Å². The van der Waals surface area contributed by atoms with Gasteiger partial charge in [0.05, 0.1) is 0 Å². The van der Waals surface area contributed by atoms with Crippen LogP contribution in [0.15, 0.2) is 6.20 Å². The molecule has 0 amide bonds. The van der Waals surface area contributed by atoms with Gasteiger partial charge in [0.15, 0.2) is 0 Å². The normalized spacial score (nSPS) is 26.7. The number of anilines is 1. The Balaban J connectivity index is 1.88. The number of aromatic nitrogens is 2. The van der Waals surface area contributed by atoms with Crippen molar-refractivity contribution < 1.29 is 0 Å². The highest BCUT2D eigenvalue weighted by Gasteiger charge is 2.33. The smallest absolute Gasteiger partial charge is 0.135 e. The Morgan fingerprint density at radius 1 is 1.33 bits per heavy atom. The maximum absolute atomic E-state index is 4.70. The van der Waals surface area contributed by atoms with E-state index in [1.54, 1.807) is 0 Å². The second-order valence-electron chi connectivity index (χ2n) is 5.56. The average Bonchev–Trinajstić information content (AvgIpc) is 2.71. The molecular weight excluding hydrogens is 224 g/mol. The molecule has 0 radical (unpaired) electrons. The van der Waals surface area contributed by atoms with E-state index in [2.05, 4.69) is 22.1 Å². The SMILES string of the molecule is CCCc1cnc(C)nc1N1C[C@H]2CC[C@@H](C1)N2. The van der Waals surface area contributed by atoms with Gasteiger partial charge in [-0.15, -0.1) is 0 Å². The van der Waals surface area contributed by atoms with Gasteiger partial charge in [-0.2, -0.15) is 0 Å². The number of piperazine rings is 1. The van der Waals surface area contributed by atoms with Crippen molar-refractivity contribution >= 4 is 5.82 Å². The molecule has 2 atom stereocenters. The second kappa shape index (κ2) is 4.84. The third kappa shape index (κ3) is 2.21. The zero-order valence-electron chi connectivity index (χ0n) is 11.3. The minimum Gasteiger partial charge on any atom is -0.353 e. The summed E-state index contributed by atoms with van der Waals surface area (Å²) in [5.41, 5.74) is 1.31. The summed E-state index contributed by atoms with van der Waals surface area (Å²) in [5.74, 6) is 2.07. The molecule has 1 aromatic heterocycles. The summed E-state index contributed by atoms with van der Waals surface area (Å²) in [6.07, 6.45) is 6.88. The van der Waals surface area contributed by atoms with Crippen molar-refractivity contribution in [2.24, 2.45) is 0 Å². The van der Waals surface area contributed by atoms with Crippen LogP contribution in [0.5, 0.6) is 0 Å². The van der Waals surface area contributed by atoms with Gasteiger partial charge in [0.25, 0.3) is 0 Å². The van der Waals surface area contributed by atoms with Crippen molar-refractivity contribution in [1.82, 2.24) is 15.3 Å². The molecule has 2 bridgehead atoms. The zero-order chi connectivity index (χ0) is 12.5. The summed E-state index contributed by atoms with van der Waals surface area (Å²) >= 11 is 0. The molecule has 4 heteroatoms. The van der Waals surface area contributed by atoms with E-state index in [9.17, 15) is 0 Å². The first-order chi connectivity index (χ1) is 8.76. The van der Waals surface area contributed by atoms with Crippen LogP contribution in [-0.4, -0.2) is 35.1 Å². The van der Waals surface area contributed by atoms with Crippen molar-refractivity contribution in [1.29, 1.82) is 0 Å². The molecule has 3 heterocycles. The lowest BCUT2D eigenvalue weighted by Gasteiger charge is -2.34. The second-order valence-corrected chi connectivity index (χ2v) is 5.56. The lowest BCUT2D eigenvalue weighted by Crippen LogP contribution is -2.51. The predicted molar refractivity (Wildman–Crippen MR) is 72.9 cm³/mol. The Kier molecular flexibility index (Phi) is 3.20. The molecule has 98 valence electrons. The maximum atomic E-state index is 4.70. The standard InChI is InChI=1S/C14H22N4/c1-3-4-11-7-15-10(2)16-14(11)18-8-12-5-6-13(9-18)17-12/h7,12-13,17H,3-6,8-9H2,1-2H3/t12-,13+. The van der Waals surface area contributed by atoms with E-state index >= 15 is 0 Å². The van der Waals surface area contributed by atoms with Crippen molar-refractivity contribution in [2.45, 2.75) is 51.6 Å². The first-order valence-corrected chi connectivity index (χ1v) is 7.09. The van der Waals surface area contributed by atoms with Gasteiger partial charge in [0.2, 0.25) is 0 Å². The van der Waals surface area contributed by atoms with E-state index in [1.165, 1.54) is 24.2 Å². The first kappa shape index (κ1) is 11.9. The molecule has 2 saturated heterocycles. The van der Waals surface area contributed by atoms with Gasteiger partial charge in [-0.05, 0) is 26.2 Å². The molecule has 0 spiro atoms. The molecule has 2 fully saturated rings. The predicted octanol–water partition coefficient (Wildman–Crippen LogP) is 1.68. The lowest BCUT2D eigenvalue weighted by molar-refractivity contribution is 0.462. The van der Waals surface area contributed by atoms with Crippen LogP contribution >= 0.6 is 0 Å².